The summed E-state index contributed by atoms with van der Waals surface area (Å²) in [4.78, 5) is 29.4. The molecule has 0 aliphatic rings. The molecule has 2 rings (SSSR count). The number of pyridine rings is 1. The summed E-state index contributed by atoms with van der Waals surface area (Å²) in [5, 5.41) is 17.0. The van der Waals surface area contributed by atoms with Gasteiger partial charge in [0.2, 0.25) is 0 Å². The van der Waals surface area contributed by atoms with Crippen molar-refractivity contribution in [3.05, 3.63) is 45.2 Å². The molecule has 0 bridgehead atoms. The molecule has 0 unspecified atom stereocenters. The predicted octanol–water partition coefficient (Wildman–Crippen LogP) is 0.702. The summed E-state index contributed by atoms with van der Waals surface area (Å²) in [5.41, 5.74) is -0.382. The van der Waals surface area contributed by atoms with Crippen molar-refractivity contribution in [3.8, 4) is 0 Å². The van der Waals surface area contributed by atoms with E-state index in [9.17, 15) is 14.9 Å². The Morgan fingerprint density at radius 3 is 2.90 bits per heavy atom. The lowest BCUT2D eigenvalue weighted by Gasteiger charge is -2.04. The predicted molar refractivity (Wildman–Crippen MR) is 68.1 cm³/mol. The zero-order chi connectivity index (χ0) is 14.7. The lowest BCUT2D eigenvalue weighted by atomic mass is 10.2. The fourth-order valence-corrected chi connectivity index (χ4v) is 1.60. The van der Waals surface area contributed by atoms with E-state index >= 15 is 0 Å². The summed E-state index contributed by atoms with van der Waals surface area (Å²) < 4.78 is 1.49. The molecule has 0 aliphatic heterocycles. The molecule has 2 heterocycles. The maximum atomic E-state index is 11.9. The number of nitrogens with one attached hydrogen (secondary N) is 1. The van der Waals surface area contributed by atoms with Crippen LogP contribution in [0.3, 0.4) is 0 Å². The highest BCUT2D eigenvalue weighted by Gasteiger charge is 2.17. The van der Waals surface area contributed by atoms with Crippen LogP contribution in [0.4, 0.5) is 5.69 Å². The quantitative estimate of drug-likeness (QED) is 0.504. The van der Waals surface area contributed by atoms with E-state index in [0.717, 1.165) is 12.3 Å². The molecule has 1 N–H and O–H groups in total. The van der Waals surface area contributed by atoms with Gasteiger partial charge in [-0.1, -0.05) is 11.6 Å². The molecule has 2 aromatic heterocycles. The Morgan fingerprint density at radius 2 is 2.30 bits per heavy atom. The van der Waals surface area contributed by atoms with E-state index in [0.29, 0.717) is 5.82 Å². The van der Waals surface area contributed by atoms with Crippen molar-refractivity contribution in [1.82, 2.24) is 25.1 Å². The van der Waals surface area contributed by atoms with E-state index in [1.165, 1.54) is 11.0 Å². The number of halogens is 1. The number of carbonyl (C=O) groups is 1. The Labute approximate surface area is 117 Å². The Hall–Kier alpha value is -2.55. The molecule has 0 saturated carbocycles. The van der Waals surface area contributed by atoms with Gasteiger partial charge in [-0.3, -0.25) is 19.6 Å². The lowest BCUT2D eigenvalue weighted by molar-refractivity contribution is -0.385. The van der Waals surface area contributed by atoms with Crippen molar-refractivity contribution in [2.75, 3.05) is 0 Å². The Kier molecular flexibility index (Phi) is 3.89. The van der Waals surface area contributed by atoms with Gasteiger partial charge < -0.3 is 5.32 Å². The van der Waals surface area contributed by atoms with Gasteiger partial charge in [-0.15, -0.1) is 0 Å². The third-order valence-electron chi connectivity index (χ3n) is 2.33. The largest absolute Gasteiger partial charge is 0.345 e. The molecule has 10 heteroatoms. The summed E-state index contributed by atoms with van der Waals surface area (Å²) in [6, 6.07) is 1.07. The van der Waals surface area contributed by atoms with Gasteiger partial charge in [0.1, 0.15) is 17.7 Å². The van der Waals surface area contributed by atoms with Gasteiger partial charge in [0.25, 0.3) is 11.6 Å². The Bertz CT molecular complexity index is 671. The smallest absolute Gasteiger partial charge is 0.288 e. The average molecular weight is 297 g/mol. The minimum absolute atomic E-state index is 0.0724. The SMILES string of the molecule is Cn1cnc(CNC(=O)c2cc([N+](=O)[O-])cnc2Cl)n1. The molecule has 0 fully saturated rings. The number of carbonyl (C=O) groups excluding carboxylic acids is 1. The van der Waals surface area contributed by atoms with Crippen LogP contribution in [0.2, 0.25) is 5.15 Å². The number of aryl methyl sites for hydroxylation is 1. The first-order chi connectivity index (χ1) is 9.47. The van der Waals surface area contributed by atoms with Gasteiger partial charge in [0.05, 0.1) is 17.0 Å². The molecule has 1 amide bonds. The highest BCUT2D eigenvalue weighted by atomic mass is 35.5. The van der Waals surface area contributed by atoms with Crippen LogP contribution >= 0.6 is 11.6 Å². The third kappa shape index (κ3) is 3.06. The lowest BCUT2D eigenvalue weighted by Crippen LogP contribution is -2.24. The topological polar surface area (TPSA) is 116 Å². The molecule has 20 heavy (non-hydrogen) atoms. The normalized spacial score (nSPS) is 10.3. The summed E-state index contributed by atoms with van der Waals surface area (Å²) in [7, 11) is 1.69. The Balaban J connectivity index is 2.12. The van der Waals surface area contributed by atoms with Crippen LogP contribution in [0.15, 0.2) is 18.6 Å². The second-order valence-electron chi connectivity index (χ2n) is 3.81. The molecule has 0 radical (unpaired) electrons. The Morgan fingerprint density at radius 1 is 1.55 bits per heavy atom. The third-order valence-corrected chi connectivity index (χ3v) is 2.64. The molecule has 2 aromatic rings. The van der Waals surface area contributed by atoms with Crippen LogP contribution in [0.5, 0.6) is 0 Å². The first-order valence-electron chi connectivity index (χ1n) is 5.40. The standard InChI is InChI=1S/C10H9ClN6O3/c1-16-5-14-8(15-16)4-13-10(18)7-2-6(17(19)20)3-12-9(7)11/h2-3,5H,4H2,1H3,(H,13,18). The highest BCUT2D eigenvalue weighted by Crippen LogP contribution is 2.18. The van der Waals surface area contributed by atoms with Crippen LogP contribution in [0.25, 0.3) is 0 Å². The zero-order valence-corrected chi connectivity index (χ0v) is 11.0. The number of amides is 1. The van der Waals surface area contributed by atoms with Crippen molar-refractivity contribution in [2.45, 2.75) is 6.54 Å². The molecule has 0 spiro atoms. The van der Waals surface area contributed by atoms with Crippen LogP contribution in [-0.2, 0) is 13.6 Å². The van der Waals surface area contributed by atoms with Gasteiger partial charge in [-0.25, -0.2) is 9.97 Å². The van der Waals surface area contributed by atoms with Crippen LogP contribution in [0.1, 0.15) is 16.2 Å². The number of nitrogens with zero attached hydrogens (tertiary/aromatic N) is 5. The van der Waals surface area contributed by atoms with E-state index in [2.05, 4.69) is 20.4 Å². The van der Waals surface area contributed by atoms with Crippen molar-refractivity contribution in [2.24, 2.45) is 7.05 Å². The van der Waals surface area contributed by atoms with Crippen LogP contribution in [-0.4, -0.2) is 30.6 Å². The number of nitro groups is 1. The maximum Gasteiger partial charge on any atom is 0.288 e. The molecule has 9 nitrogen and oxygen atoms in total. The van der Waals surface area contributed by atoms with E-state index in [4.69, 9.17) is 11.6 Å². The fraction of sp³-hybridized carbons (Fsp3) is 0.200. The molecule has 0 aromatic carbocycles. The minimum atomic E-state index is -0.652. The van der Waals surface area contributed by atoms with E-state index in [1.54, 1.807) is 7.05 Å². The summed E-state index contributed by atoms with van der Waals surface area (Å²) in [5.74, 6) is -0.172. The van der Waals surface area contributed by atoms with E-state index in [1.807, 2.05) is 0 Å². The van der Waals surface area contributed by atoms with Crippen molar-refractivity contribution >= 4 is 23.2 Å². The average Bonchev–Trinajstić information content (AvgIpc) is 2.82. The number of aromatic nitrogens is 4. The van der Waals surface area contributed by atoms with Crippen molar-refractivity contribution in [3.63, 3.8) is 0 Å². The molecule has 0 saturated heterocycles. The van der Waals surface area contributed by atoms with Gasteiger partial charge in [0, 0.05) is 13.1 Å². The van der Waals surface area contributed by atoms with Gasteiger partial charge >= 0.3 is 0 Å². The van der Waals surface area contributed by atoms with Crippen LogP contribution in [0, 0.1) is 10.1 Å². The number of rotatable bonds is 4. The fourth-order valence-electron chi connectivity index (χ4n) is 1.42. The minimum Gasteiger partial charge on any atom is -0.345 e. The van der Waals surface area contributed by atoms with Crippen LogP contribution < -0.4 is 5.32 Å². The second kappa shape index (κ2) is 5.61. The molecule has 0 aliphatic carbocycles. The summed E-state index contributed by atoms with van der Waals surface area (Å²) in [6.07, 6.45) is 2.48. The second-order valence-corrected chi connectivity index (χ2v) is 4.16. The molecule has 0 atom stereocenters. The van der Waals surface area contributed by atoms with E-state index in [-0.39, 0.29) is 22.9 Å². The monoisotopic (exact) mass is 296 g/mol. The van der Waals surface area contributed by atoms with Crippen molar-refractivity contribution < 1.29 is 9.72 Å². The first-order valence-corrected chi connectivity index (χ1v) is 5.78. The number of hydrogen-bond donors (Lipinski definition) is 1. The summed E-state index contributed by atoms with van der Waals surface area (Å²) in [6.45, 7) is 0.0820. The molecular formula is C10H9ClN6O3. The first kappa shape index (κ1) is 13.9. The van der Waals surface area contributed by atoms with E-state index < -0.39 is 10.8 Å². The zero-order valence-electron chi connectivity index (χ0n) is 10.3. The highest BCUT2D eigenvalue weighted by molar-refractivity contribution is 6.32. The van der Waals surface area contributed by atoms with Gasteiger partial charge in [0.15, 0.2) is 5.82 Å². The molecular weight excluding hydrogens is 288 g/mol. The van der Waals surface area contributed by atoms with Crippen molar-refractivity contribution in [1.29, 1.82) is 0 Å². The summed E-state index contributed by atoms with van der Waals surface area (Å²) >= 11 is 5.75. The maximum absolute atomic E-state index is 11.9. The van der Waals surface area contributed by atoms with Gasteiger partial charge in [-0.05, 0) is 0 Å². The molecule has 104 valence electrons. The number of hydrogen-bond acceptors (Lipinski definition) is 6. The van der Waals surface area contributed by atoms with Gasteiger partial charge in [-0.2, -0.15) is 5.10 Å².